The summed E-state index contributed by atoms with van der Waals surface area (Å²) in [6.45, 7) is 5.55. The Labute approximate surface area is 158 Å². The number of hydrogen-bond acceptors (Lipinski definition) is 6. The van der Waals surface area contributed by atoms with E-state index < -0.39 is 26.8 Å². The lowest BCUT2D eigenvalue weighted by atomic mass is 10.0. The first-order valence-corrected chi connectivity index (χ1v) is 10.1. The van der Waals surface area contributed by atoms with Gasteiger partial charge in [0.05, 0.1) is 12.0 Å². The van der Waals surface area contributed by atoms with Crippen LogP contribution in [0.3, 0.4) is 0 Å². The molecule has 0 amide bonds. The summed E-state index contributed by atoms with van der Waals surface area (Å²) >= 11 is 1.38. The van der Waals surface area contributed by atoms with Gasteiger partial charge in [-0.3, -0.25) is 4.31 Å². The zero-order chi connectivity index (χ0) is 19.4. The molecule has 0 bridgehead atoms. The second-order valence-electron chi connectivity index (χ2n) is 5.95. The normalized spacial score (nSPS) is 18.6. The van der Waals surface area contributed by atoms with Crippen LogP contribution in [0.25, 0.3) is 0 Å². The van der Waals surface area contributed by atoms with E-state index in [1.807, 2.05) is 0 Å². The maximum atomic E-state index is 13.1. The third kappa shape index (κ3) is 4.17. The Hall–Kier alpha value is -2.11. The molecule has 0 aromatic heterocycles. The molecule has 0 saturated heterocycles. The lowest BCUT2D eigenvalue weighted by Crippen LogP contribution is -2.54. The van der Waals surface area contributed by atoms with Crippen LogP contribution in [0.15, 0.2) is 40.8 Å². The van der Waals surface area contributed by atoms with Gasteiger partial charge in [-0.2, -0.15) is 0 Å². The lowest BCUT2D eigenvalue weighted by molar-refractivity contribution is -0.145. The SMILES string of the molecule is CC#CCOc1ccc(S(=O)(=O)N2C=CSC(C)(C)[C@@H]2C(=O)OC)cc1. The number of methoxy groups -OCH3 is 1. The first-order valence-electron chi connectivity index (χ1n) is 7.82. The molecule has 0 aliphatic carbocycles. The maximum absolute atomic E-state index is 13.1. The highest BCUT2D eigenvalue weighted by atomic mass is 32.2. The quantitative estimate of drug-likeness (QED) is 0.564. The Kier molecular flexibility index (Phi) is 6.26. The van der Waals surface area contributed by atoms with Crippen molar-refractivity contribution in [3.05, 3.63) is 35.9 Å². The summed E-state index contributed by atoms with van der Waals surface area (Å²) in [7, 11) is -2.68. The van der Waals surface area contributed by atoms with E-state index in [9.17, 15) is 13.2 Å². The van der Waals surface area contributed by atoms with E-state index in [-0.39, 0.29) is 11.5 Å². The van der Waals surface area contributed by atoms with E-state index in [0.717, 1.165) is 4.31 Å². The van der Waals surface area contributed by atoms with Crippen molar-refractivity contribution < 1.29 is 22.7 Å². The van der Waals surface area contributed by atoms with Gasteiger partial charge < -0.3 is 9.47 Å². The van der Waals surface area contributed by atoms with E-state index in [2.05, 4.69) is 11.8 Å². The summed E-state index contributed by atoms with van der Waals surface area (Å²) < 4.78 is 36.8. The Bertz CT molecular complexity index is 848. The van der Waals surface area contributed by atoms with Gasteiger partial charge in [-0.1, -0.05) is 5.92 Å². The van der Waals surface area contributed by atoms with Crippen LogP contribution >= 0.6 is 11.8 Å². The zero-order valence-electron chi connectivity index (χ0n) is 15.1. The Balaban J connectivity index is 2.35. The van der Waals surface area contributed by atoms with Crippen LogP contribution in [0.5, 0.6) is 5.75 Å². The number of carbonyl (C=O) groups is 1. The molecule has 0 radical (unpaired) electrons. The Morgan fingerprint density at radius 2 is 1.96 bits per heavy atom. The molecule has 1 aromatic carbocycles. The van der Waals surface area contributed by atoms with Gasteiger partial charge in [-0.15, -0.1) is 17.7 Å². The highest BCUT2D eigenvalue weighted by molar-refractivity contribution is 8.03. The van der Waals surface area contributed by atoms with Gasteiger partial charge >= 0.3 is 5.97 Å². The maximum Gasteiger partial charge on any atom is 0.331 e. The van der Waals surface area contributed by atoms with Crippen molar-refractivity contribution in [1.82, 2.24) is 4.31 Å². The molecule has 140 valence electrons. The number of benzene rings is 1. The minimum Gasteiger partial charge on any atom is -0.481 e. The first kappa shape index (κ1) is 20.2. The number of esters is 1. The monoisotopic (exact) mass is 395 g/mol. The number of sulfonamides is 1. The fourth-order valence-electron chi connectivity index (χ4n) is 2.46. The average molecular weight is 396 g/mol. The molecular weight excluding hydrogens is 374 g/mol. The molecule has 26 heavy (non-hydrogen) atoms. The third-order valence-corrected chi connectivity index (χ3v) is 6.65. The van der Waals surface area contributed by atoms with Crippen molar-refractivity contribution >= 4 is 27.8 Å². The highest BCUT2D eigenvalue weighted by Gasteiger charge is 2.46. The standard InChI is InChI=1S/C18H21NO5S2/c1-5-6-12-24-14-7-9-15(10-8-14)26(21,22)19-11-13-25-18(2,3)16(19)17(20)23-4/h7-11,13,16H,12H2,1-4H3/t16-/m0/s1. The number of rotatable bonds is 5. The minimum absolute atomic E-state index is 0.0627. The smallest absolute Gasteiger partial charge is 0.331 e. The molecule has 1 aliphatic rings. The van der Waals surface area contributed by atoms with Crippen molar-refractivity contribution in [2.75, 3.05) is 13.7 Å². The number of ether oxygens (including phenoxy) is 2. The van der Waals surface area contributed by atoms with Crippen molar-refractivity contribution in [3.8, 4) is 17.6 Å². The number of nitrogens with zero attached hydrogens (tertiary/aromatic N) is 1. The molecule has 0 saturated carbocycles. The van der Waals surface area contributed by atoms with Gasteiger partial charge in [0.1, 0.15) is 12.4 Å². The van der Waals surface area contributed by atoms with E-state index in [4.69, 9.17) is 9.47 Å². The van der Waals surface area contributed by atoms with Crippen molar-refractivity contribution in [2.24, 2.45) is 0 Å². The summed E-state index contributed by atoms with van der Waals surface area (Å²) in [5, 5.41) is 1.66. The topological polar surface area (TPSA) is 72.9 Å². The zero-order valence-corrected chi connectivity index (χ0v) is 16.7. The van der Waals surface area contributed by atoms with Gasteiger partial charge in [0, 0.05) is 10.9 Å². The fourth-order valence-corrected chi connectivity index (χ4v) is 5.06. The number of thioether (sulfide) groups is 1. The summed E-state index contributed by atoms with van der Waals surface area (Å²) in [5.41, 5.74) is 0. The Morgan fingerprint density at radius 1 is 1.31 bits per heavy atom. The van der Waals surface area contributed by atoms with E-state index >= 15 is 0 Å². The van der Waals surface area contributed by atoms with Gasteiger partial charge in [-0.05, 0) is 50.4 Å². The largest absolute Gasteiger partial charge is 0.481 e. The van der Waals surface area contributed by atoms with Crippen molar-refractivity contribution in [1.29, 1.82) is 0 Å². The molecule has 0 unspecified atom stereocenters. The second kappa shape index (κ2) is 8.06. The summed E-state index contributed by atoms with van der Waals surface area (Å²) in [6, 6.07) is 5.04. The molecule has 2 rings (SSSR count). The van der Waals surface area contributed by atoms with Crippen LogP contribution in [0, 0.1) is 11.8 Å². The van der Waals surface area contributed by atoms with E-state index in [1.165, 1.54) is 37.2 Å². The van der Waals surface area contributed by atoms with Gasteiger partial charge in [0.25, 0.3) is 10.0 Å². The lowest BCUT2D eigenvalue weighted by Gasteiger charge is -2.40. The minimum atomic E-state index is -3.93. The van der Waals surface area contributed by atoms with Crippen molar-refractivity contribution in [3.63, 3.8) is 0 Å². The fraction of sp³-hybridized carbons (Fsp3) is 0.389. The molecule has 1 atom stereocenters. The highest BCUT2D eigenvalue weighted by Crippen LogP contribution is 2.39. The van der Waals surface area contributed by atoms with Crippen LogP contribution in [0.2, 0.25) is 0 Å². The third-order valence-electron chi connectivity index (χ3n) is 3.80. The molecule has 0 spiro atoms. The van der Waals surface area contributed by atoms with Gasteiger partial charge in [-0.25, -0.2) is 13.2 Å². The summed E-state index contributed by atoms with van der Waals surface area (Å²) in [6.07, 6.45) is 1.40. The summed E-state index contributed by atoms with van der Waals surface area (Å²) in [5.74, 6) is 5.39. The average Bonchev–Trinajstić information content (AvgIpc) is 2.61. The van der Waals surface area contributed by atoms with Gasteiger partial charge in [0.2, 0.25) is 0 Å². The molecule has 1 heterocycles. The molecule has 0 N–H and O–H groups in total. The van der Waals surface area contributed by atoms with Crippen LogP contribution in [0.4, 0.5) is 0 Å². The van der Waals surface area contributed by atoms with Crippen LogP contribution in [-0.2, 0) is 19.6 Å². The molecule has 6 nitrogen and oxygen atoms in total. The molecule has 1 aromatic rings. The molecular formula is C18H21NO5S2. The Morgan fingerprint density at radius 3 is 2.54 bits per heavy atom. The predicted molar refractivity (Wildman–Crippen MR) is 101 cm³/mol. The van der Waals surface area contributed by atoms with E-state index in [1.54, 1.807) is 38.3 Å². The van der Waals surface area contributed by atoms with Gasteiger partial charge in [0.15, 0.2) is 6.04 Å². The molecule has 8 heteroatoms. The molecule has 1 aliphatic heterocycles. The first-order chi connectivity index (χ1) is 12.2. The predicted octanol–water partition coefficient (Wildman–Crippen LogP) is 2.62. The van der Waals surface area contributed by atoms with E-state index in [0.29, 0.717) is 5.75 Å². The van der Waals surface area contributed by atoms with Crippen LogP contribution in [-0.4, -0.2) is 43.2 Å². The number of carbonyl (C=O) groups excluding carboxylic acids is 1. The number of hydrogen-bond donors (Lipinski definition) is 0. The molecule has 0 fully saturated rings. The van der Waals surface area contributed by atoms with Crippen LogP contribution in [0.1, 0.15) is 20.8 Å². The van der Waals surface area contributed by atoms with Crippen molar-refractivity contribution in [2.45, 2.75) is 36.5 Å². The second-order valence-corrected chi connectivity index (χ2v) is 9.36. The summed E-state index contributed by atoms with van der Waals surface area (Å²) in [4.78, 5) is 12.3. The van der Waals surface area contributed by atoms with Crippen LogP contribution < -0.4 is 4.74 Å².